The normalized spacial score (nSPS) is 36.6. The minimum absolute atomic E-state index is 0.161. The van der Waals surface area contributed by atoms with Crippen molar-refractivity contribution in [3.05, 3.63) is 23.9 Å². The Morgan fingerprint density at radius 3 is 2.90 bits per heavy atom. The number of fused-ring (bicyclic) bond motifs is 1. The second-order valence-corrected chi connectivity index (χ2v) is 5.74. The molecule has 1 saturated carbocycles. The van der Waals surface area contributed by atoms with Crippen molar-refractivity contribution in [1.82, 2.24) is 10.3 Å². The van der Waals surface area contributed by atoms with Gasteiger partial charge in [0.15, 0.2) is 5.78 Å². The zero-order valence-corrected chi connectivity index (χ0v) is 11.1. The lowest BCUT2D eigenvalue weighted by Gasteiger charge is -2.43. The largest absolute Gasteiger partial charge is 0.393 e. The molecule has 20 heavy (non-hydrogen) atoms. The van der Waals surface area contributed by atoms with Gasteiger partial charge in [-0.05, 0) is 25.0 Å². The molecule has 0 amide bonds. The summed E-state index contributed by atoms with van der Waals surface area (Å²) in [4.78, 5) is 16.8. The Bertz CT molecular complexity index is 519. The number of nitrogens with one attached hydrogen (secondary N) is 1. The zero-order chi connectivity index (χ0) is 14.3. The maximum atomic E-state index is 12.9. The molecule has 108 valence electrons. The van der Waals surface area contributed by atoms with E-state index >= 15 is 0 Å². The van der Waals surface area contributed by atoms with E-state index < -0.39 is 17.6 Å². The molecule has 2 aliphatic rings. The molecule has 6 nitrogen and oxygen atoms in total. The van der Waals surface area contributed by atoms with Gasteiger partial charge in [0, 0.05) is 30.8 Å². The molecule has 1 saturated heterocycles. The summed E-state index contributed by atoms with van der Waals surface area (Å²) < 4.78 is 0. The monoisotopic (exact) mass is 277 g/mol. The van der Waals surface area contributed by atoms with Gasteiger partial charge in [0.25, 0.3) is 0 Å². The average molecular weight is 277 g/mol. The van der Waals surface area contributed by atoms with Crippen molar-refractivity contribution in [1.29, 1.82) is 0 Å². The Labute approximate surface area is 117 Å². The highest BCUT2D eigenvalue weighted by atomic mass is 16.3. The first-order chi connectivity index (χ1) is 9.55. The Hall–Kier alpha value is -1.50. The number of rotatable bonds is 2. The van der Waals surface area contributed by atoms with E-state index in [-0.39, 0.29) is 11.7 Å². The predicted molar refractivity (Wildman–Crippen MR) is 73.0 cm³/mol. The molecule has 0 bridgehead atoms. The van der Waals surface area contributed by atoms with Gasteiger partial charge in [-0.2, -0.15) is 0 Å². The maximum absolute atomic E-state index is 12.9. The number of anilines is 1. The van der Waals surface area contributed by atoms with E-state index in [0.717, 1.165) is 0 Å². The van der Waals surface area contributed by atoms with E-state index in [1.165, 1.54) is 6.20 Å². The van der Waals surface area contributed by atoms with E-state index in [0.29, 0.717) is 37.3 Å². The van der Waals surface area contributed by atoms with Gasteiger partial charge >= 0.3 is 0 Å². The number of nitrogen functional groups attached to an aromatic ring is 1. The van der Waals surface area contributed by atoms with Gasteiger partial charge in [-0.1, -0.05) is 0 Å². The van der Waals surface area contributed by atoms with Crippen molar-refractivity contribution >= 4 is 11.6 Å². The molecule has 6 heteroatoms. The molecule has 5 N–H and O–H groups in total. The number of hydrogen-bond donors (Lipinski definition) is 4. The molecule has 1 aromatic rings. The number of aliphatic hydroxyl groups excluding tert-OH is 2. The highest BCUT2D eigenvalue weighted by molar-refractivity contribution is 6.01. The van der Waals surface area contributed by atoms with Crippen LogP contribution in [0.2, 0.25) is 0 Å². The van der Waals surface area contributed by atoms with Gasteiger partial charge in [-0.3, -0.25) is 4.79 Å². The zero-order valence-electron chi connectivity index (χ0n) is 11.1. The lowest BCUT2D eigenvalue weighted by atomic mass is 9.62. The van der Waals surface area contributed by atoms with Gasteiger partial charge < -0.3 is 21.3 Å². The Kier molecular flexibility index (Phi) is 3.24. The first kappa shape index (κ1) is 13.5. The third-order valence-electron chi connectivity index (χ3n) is 4.71. The topological polar surface area (TPSA) is 108 Å². The molecular formula is C14H19N3O3. The lowest BCUT2D eigenvalue weighted by Crippen LogP contribution is -2.55. The van der Waals surface area contributed by atoms with E-state index in [2.05, 4.69) is 10.3 Å². The molecule has 0 spiro atoms. The van der Waals surface area contributed by atoms with E-state index in [1.54, 1.807) is 12.1 Å². The summed E-state index contributed by atoms with van der Waals surface area (Å²) >= 11 is 0. The summed E-state index contributed by atoms with van der Waals surface area (Å²) in [5.74, 6) is -0.0630. The smallest absolute Gasteiger partial charge is 0.174 e. The standard InChI is InChI=1S/C14H19N3O3/c15-12-4-1-8(5-17-12)13(20)14-7-16-6-9(14)10(18)2-3-11(14)19/h1,4-5,9-11,16,18-19H,2-3,6-7H2,(H2,15,17)/t9-,10?,11?,14-/m0/s1. The molecule has 0 radical (unpaired) electrons. The maximum Gasteiger partial charge on any atom is 0.174 e. The van der Waals surface area contributed by atoms with Crippen molar-refractivity contribution in [2.75, 3.05) is 18.8 Å². The molecule has 1 aliphatic heterocycles. The van der Waals surface area contributed by atoms with Crippen LogP contribution in [0.25, 0.3) is 0 Å². The third-order valence-corrected chi connectivity index (χ3v) is 4.71. The van der Waals surface area contributed by atoms with Gasteiger partial charge in [0.2, 0.25) is 0 Å². The van der Waals surface area contributed by atoms with Crippen LogP contribution in [0.4, 0.5) is 5.82 Å². The number of nitrogens with two attached hydrogens (primary N) is 1. The molecule has 4 atom stereocenters. The van der Waals surface area contributed by atoms with Crippen LogP contribution < -0.4 is 11.1 Å². The van der Waals surface area contributed by atoms with Crippen LogP contribution >= 0.6 is 0 Å². The molecule has 2 heterocycles. The number of aliphatic hydroxyl groups is 2. The molecule has 1 aromatic heterocycles. The van der Waals surface area contributed by atoms with E-state index in [9.17, 15) is 15.0 Å². The predicted octanol–water partition coefficient (Wildman–Crippen LogP) is -0.432. The molecule has 3 rings (SSSR count). The SMILES string of the molecule is Nc1ccc(C(=O)[C@@]23CNC[C@H]2C(O)CCC3O)cn1. The van der Waals surface area contributed by atoms with Crippen molar-refractivity contribution in [2.24, 2.45) is 11.3 Å². The quantitative estimate of drug-likeness (QED) is 0.546. The fourth-order valence-electron chi connectivity index (χ4n) is 3.59. The highest BCUT2D eigenvalue weighted by Crippen LogP contribution is 2.46. The van der Waals surface area contributed by atoms with Crippen LogP contribution in [-0.2, 0) is 0 Å². The number of pyridine rings is 1. The second-order valence-electron chi connectivity index (χ2n) is 5.74. The van der Waals surface area contributed by atoms with Gasteiger partial charge in [-0.15, -0.1) is 0 Å². The van der Waals surface area contributed by atoms with Gasteiger partial charge in [0.05, 0.1) is 17.6 Å². The van der Waals surface area contributed by atoms with Crippen LogP contribution in [0, 0.1) is 11.3 Å². The van der Waals surface area contributed by atoms with Crippen molar-refractivity contribution in [3.63, 3.8) is 0 Å². The van der Waals surface area contributed by atoms with Crippen LogP contribution in [0.1, 0.15) is 23.2 Å². The van der Waals surface area contributed by atoms with E-state index in [1.807, 2.05) is 0 Å². The summed E-state index contributed by atoms with van der Waals surface area (Å²) in [5.41, 5.74) is 5.02. The van der Waals surface area contributed by atoms with Crippen molar-refractivity contribution in [3.8, 4) is 0 Å². The van der Waals surface area contributed by atoms with Crippen LogP contribution in [0.5, 0.6) is 0 Å². The lowest BCUT2D eigenvalue weighted by molar-refractivity contribution is -0.0650. The summed E-state index contributed by atoms with van der Waals surface area (Å²) in [5, 5.41) is 23.7. The van der Waals surface area contributed by atoms with Gasteiger partial charge in [-0.25, -0.2) is 4.98 Å². The summed E-state index contributed by atoms with van der Waals surface area (Å²) in [6, 6.07) is 3.20. The minimum Gasteiger partial charge on any atom is -0.393 e. The molecule has 0 aromatic carbocycles. The number of carbonyl (C=O) groups is 1. The summed E-state index contributed by atoms with van der Waals surface area (Å²) in [6.07, 6.45) is 1.11. The van der Waals surface area contributed by atoms with Gasteiger partial charge in [0.1, 0.15) is 5.82 Å². The third kappa shape index (κ3) is 1.83. The number of Topliss-reactive ketones (excluding diaryl/α,β-unsaturated/α-hetero) is 1. The highest BCUT2D eigenvalue weighted by Gasteiger charge is 2.58. The van der Waals surface area contributed by atoms with Crippen LogP contribution in [0.3, 0.4) is 0 Å². The Morgan fingerprint density at radius 2 is 2.20 bits per heavy atom. The molecular weight excluding hydrogens is 258 g/mol. The van der Waals surface area contributed by atoms with E-state index in [4.69, 9.17) is 5.73 Å². The first-order valence-electron chi connectivity index (χ1n) is 6.89. The number of carbonyl (C=O) groups excluding carboxylic acids is 1. The first-order valence-corrected chi connectivity index (χ1v) is 6.89. The summed E-state index contributed by atoms with van der Waals surface area (Å²) in [6.45, 7) is 0.936. The Morgan fingerprint density at radius 1 is 1.40 bits per heavy atom. The average Bonchev–Trinajstić information content (AvgIpc) is 2.90. The second kappa shape index (κ2) is 4.80. The Balaban J connectivity index is 2.00. The van der Waals surface area contributed by atoms with Crippen LogP contribution in [0.15, 0.2) is 18.3 Å². The van der Waals surface area contributed by atoms with Crippen molar-refractivity contribution in [2.45, 2.75) is 25.0 Å². The fourth-order valence-corrected chi connectivity index (χ4v) is 3.59. The fraction of sp³-hybridized carbons (Fsp3) is 0.571. The van der Waals surface area contributed by atoms with Crippen LogP contribution in [-0.4, -0.2) is 46.3 Å². The minimum atomic E-state index is -0.949. The number of ketones is 1. The molecule has 2 unspecified atom stereocenters. The molecule has 1 aliphatic carbocycles. The summed E-state index contributed by atoms with van der Waals surface area (Å²) in [7, 11) is 0. The number of hydrogen-bond acceptors (Lipinski definition) is 6. The number of nitrogens with zero attached hydrogens (tertiary/aromatic N) is 1. The molecule has 2 fully saturated rings. The van der Waals surface area contributed by atoms with Crippen molar-refractivity contribution < 1.29 is 15.0 Å². The number of aromatic nitrogens is 1.